The standard InChI is InChI=1S/C16H17F3N2S/c1-2-3-4-14-9-10-15(22-14)11-20-21-13-7-5-12(6-8-13)16(17,18)19/h5-11,21H,2-4H2,1H3. The van der Waals surface area contributed by atoms with Crippen LogP contribution in [0, 0.1) is 0 Å². The number of unbranched alkanes of at least 4 members (excludes halogenated alkanes) is 1. The summed E-state index contributed by atoms with van der Waals surface area (Å²) in [4.78, 5) is 2.34. The number of nitrogens with one attached hydrogen (secondary N) is 1. The van der Waals surface area contributed by atoms with Crippen molar-refractivity contribution in [2.45, 2.75) is 32.4 Å². The third-order valence-corrected chi connectivity index (χ3v) is 4.14. The van der Waals surface area contributed by atoms with Gasteiger partial charge in [0.25, 0.3) is 0 Å². The fourth-order valence-electron chi connectivity index (χ4n) is 1.85. The average molecular weight is 326 g/mol. The zero-order chi connectivity index (χ0) is 16.0. The molecule has 0 atom stereocenters. The lowest BCUT2D eigenvalue weighted by molar-refractivity contribution is -0.137. The molecule has 1 N–H and O–H groups in total. The van der Waals surface area contributed by atoms with E-state index in [1.54, 1.807) is 17.6 Å². The van der Waals surface area contributed by atoms with E-state index in [9.17, 15) is 13.2 Å². The highest BCUT2D eigenvalue weighted by Crippen LogP contribution is 2.29. The summed E-state index contributed by atoms with van der Waals surface area (Å²) in [5.74, 6) is 0. The third kappa shape index (κ3) is 4.87. The summed E-state index contributed by atoms with van der Waals surface area (Å²) < 4.78 is 37.3. The van der Waals surface area contributed by atoms with E-state index in [0.717, 1.165) is 29.9 Å². The van der Waals surface area contributed by atoms with Crippen molar-refractivity contribution < 1.29 is 13.2 Å². The maximum atomic E-state index is 12.4. The Balaban J connectivity index is 1.90. The Bertz CT molecular complexity index is 615. The Hall–Kier alpha value is -1.82. The first-order valence-electron chi connectivity index (χ1n) is 7.04. The van der Waals surface area contributed by atoms with Crippen LogP contribution in [-0.2, 0) is 12.6 Å². The topological polar surface area (TPSA) is 24.4 Å². The summed E-state index contributed by atoms with van der Waals surface area (Å²) in [7, 11) is 0. The molecule has 1 heterocycles. The van der Waals surface area contributed by atoms with Crippen LogP contribution in [0.1, 0.15) is 35.1 Å². The first kappa shape index (κ1) is 16.5. The number of hydrogen-bond acceptors (Lipinski definition) is 3. The number of halogens is 3. The van der Waals surface area contributed by atoms with Crippen LogP contribution >= 0.6 is 11.3 Å². The Labute approximate surface area is 131 Å². The number of hydrogen-bond donors (Lipinski definition) is 1. The third-order valence-electron chi connectivity index (χ3n) is 3.06. The first-order valence-corrected chi connectivity index (χ1v) is 7.85. The summed E-state index contributed by atoms with van der Waals surface area (Å²) in [5, 5.41) is 4.05. The fourth-order valence-corrected chi connectivity index (χ4v) is 2.78. The largest absolute Gasteiger partial charge is 0.416 e. The number of hydrazone groups is 1. The van der Waals surface area contributed by atoms with Gasteiger partial charge in [0.1, 0.15) is 0 Å². The van der Waals surface area contributed by atoms with Crippen molar-refractivity contribution in [3.8, 4) is 0 Å². The molecule has 0 unspecified atom stereocenters. The van der Waals surface area contributed by atoms with E-state index in [1.165, 1.54) is 23.4 Å². The van der Waals surface area contributed by atoms with Crippen LogP contribution in [-0.4, -0.2) is 6.21 Å². The van der Waals surface area contributed by atoms with Gasteiger partial charge in [-0.15, -0.1) is 11.3 Å². The number of alkyl halides is 3. The number of thiophene rings is 1. The van der Waals surface area contributed by atoms with Gasteiger partial charge in [-0.3, -0.25) is 5.43 Å². The molecule has 0 aliphatic heterocycles. The zero-order valence-corrected chi connectivity index (χ0v) is 13.0. The second-order valence-electron chi connectivity index (χ2n) is 4.85. The molecular weight excluding hydrogens is 309 g/mol. The summed E-state index contributed by atoms with van der Waals surface area (Å²) in [6, 6.07) is 8.87. The number of rotatable bonds is 6. The van der Waals surface area contributed by atoms with Crippen LogP contribution < -0.4 is 5.43 Å². The molecule has 0 amide bonds. The summed E-state index contributed by atoms with van der Waals surface area (Å²) in [5.41, 5.74) is 2.59. The van der Waals surface area contributed by atoms with E-state index in [4.69, 9.17) is 0 Å². The van der Waals surface area contributed by atoms with Gasteiger partial charge in [-0.2, -0.15) is 18.3 Å². The van der Waals surface area contributed by atoms with Gasteiger partial charge in [0.2, 0.25) is 0 Å². The molecule has 22 heavy (non-hydrogen) atoms. The maximum Gasteiger partial charge on any atom is 0.416 e. The van der Waals surface area contributed by atoms with Gasteiger partial charge >= 0.3 is 6.18 Å². The maximum absolute atomic E-state index is 12.4. The van der Waals surface area contributed by atoms with Crippen LogP contribution in [0.4, 0.5) is 18.9 Å². The van der Waals surface area contributed by atoms with Crippen molar-refractivity contribution in [3.63, 3.8) is 0 Å². The highest BCUT2D eigenvalue weighted by Gasteiger charge is 2.29. The van der Waals surface area contributed by atoms with E-state index in [-0.39, 0.29) is 0 Å². The minimum Gasteiger partial charge on any atom is -0.278 e. The highest BCUT2D eigenvalue weighted by atomic mass is 32.1. The van der Waals surface area contributed by atoms with Crippen molar-refractivity contribution >= 4 is 23.2 Å². The van der Waals surface area contributed by atoms with Crippen molar-refractivity contribution in [1.29, 1.82) is 0 Å². The van der Waals surface area contributed by atoms with Gasteiger partial charge in [0.15, 0.2) is 0 Å². The minimum atomic E-state index is -4.31. The number of nitrogens with zero attached hydrogens (tertiary/aromatic N) is 1. The SMILES string of the molecule is CCCCc1ccc(C=NNc2ccc(C(F)(F)F)cc2)s1. The van der Waals surface area contributed by atoms with E-state index < -0.39 is 11.7 Å². The number of anilines is 1. The summed E-state index contributed by atoms with van der Waals surface area (Å²) >= 11 is 1.68. The van der Waals surface area contributed by atoms with Gasteiger partial charge in [0, 0.05) is 9.75 Å². The fraction of sp³-hybridized carbons (Fsp3) is 0.312. The summed E-state index contributed by atoms with van der Waals surface area (Å²) in [6.45, 7) is 2.16. The summed E-state index contributed by atoms with van der Waals surface area (Å²) in [6.07, 6.45) is 0.768. The molecular formula is C16H17F3N2S. The Morgan fingerprint density at radius 2 is 1.86 bits per heavy atom. The molecule has 2 aromatic rings. The molecule has 0 saturated heterocycles. The Morgan fingerprint density at radius 3 is 2.50 bits per heavy atom. The van der Waals surface area contributed by atoms with Crippen LogP contribution in [0.2, 0.25) is 0 Å². The monoisotopic (exact) mass is 326 g/mol. The van der Waals surface area contributed by atoms with Crippen molar-refractivity contribution in [2.75, 3.05) is 5.43 Å². The van der Waals surface area contributed by atoms with Crippen LogP contribution in [0.5, 0.6) is 0 Å². The predicted octanol–water partition coefficient (Wildman–Crippen LogP) is 5.56. The normalized spacial score (nSPS) is 12.0. The molecule has 1 aromatic carbocycles. The van der Waals surface area contributed by atoms with E-state index >= 15 is 0 Å². The van der Waals surface area contributed by atoms with Crippen LogP contribution in [0.15, 0.2) is 41.5 Å². The molecule has 0 fully saturated rings. The van der Waals surface area contributed by atoms with Gasteiger partial charge in [-0.1, -0.05) is 13.3 Å². The van der Waals surface area contributed by atoms with Gasteiger partial charge < -0.3 is 0 Å². The van der Waals surface area contributed by atoms with Crippen molar-refractivity contribution in [3.05, 3.63) is 51.7 Å². The number of aryl methyl sites for hydroxylation is 1. The molecule has 0 radical (unpaired) electrons. The smallest absolute Gasteiger partial charge is 0.278 e. The molecule has 0 bridgehead atoms. The minimum absolute atomic E-state index is 0.520. The predicted molar refractivity (Wildman–Crippen MR) is 85.6 cm³/mol. The van der Waals surface area contributed by atoms with E-state index in [0.29, 0.717) is 5.69 Å². The molecule has 0 aliphatic carbocycles. The van der Waals surface area contributed by atoms with Crippen LogP contribution in [0.25, 0.3) is 0 Å². The molecule has 1 aromatic heterocycles. The highest BCUT2D eigenvalue weighted by molar-refractivity contribution is 7.13. The first-order chi connectivity index (χ1) is 10.5. The van der Waals surface area contributed by atoms with Gasteiger partial charge in [-0.05, 0) is 49.2 Å². The molecule has 2 rings (SSSR count). The molecule has 118 valence electrons. The van der Waals surface area contributed by atoms with Crippen molar-refractivity contribution in [1.82, 2.24) is 0 Å². The molecule has 6 heteroatoms. The Kier molecular flexibility index (Phi) is 5.60. The molecule has 0 saturated carbocycles. The lowest BCUT2D eigenvalue weighted by Crippen LogP contribution is -2.04. The van der Waals surface area contributed by atoms with E-state index in [2.05, 4.69) is 23.5 Å². The molecule has 2 nitrogen and oxygen atoms in total. The lowest BCUT2D eigenvalue weighted by Gasteiger charge is -2.06. The quantitative estimate of drug-likeness (QED) is 0.546. The average Bonchev–Trinajstić information content (AvgIpc) is 2.92. The second kappa shape index (κ2) is 7.45. The van der Waals surface area contributed by atoms with Crippen LogP contribution in [0.3, 0.4) is 0 Å². The second-order valence-corrected chi connectivity index (χ2v) is 6.05. The number of benzene rings is 1. The Morgan fingerprint density at radius 1 is 1.14 bits per heavy atom. The molecule has 0 aliphatic rings. The van der Waals surface area contributed by atoms with E-state index in [1.807, 2.05) is 6.07 Å². The zero-order valence-electron chi connectivity index (χ0n) is 12.2. The lowest BCUT2D eigenvalue weighted by atomic mass is 10.2. The van der Waals surface area contributed by atoms with Crippen molar-refractivity contribution in [2.24, 2.45) is 5.10 Å². The van der Waals surface area contributed by atoms with Gasteiger partial charge in [0.05, 0.1) is 17.5 Å². The molecule has 0 spiro atoms. The van der Waals surface area contributed by atoms with Gasteiger partial charge in [-0.25, -0.2) is 0 Å².